The van der Waals surface area contributed by atoms with Crippen LogP contribution in [0.15, 0.2) is 24.3 Å². The van der Waals surface area contributed by atoms with Gasteiger partial charge in [0.25, 0.3) is 0 Å². The smallest absolute Gasteiger partial charge is 0.305 e. The molecule has 1 aromatic rings. The number of hydrogen-bond donors (Lipinski definition) is 2. The molecule has 1 fully saturated rings. The third-order valence-corrected chi connectivity index (χ3v) is 3.75. The van der Waals surface area contributed by atoms with Crippen LogP contribution in [0.1, 0.15) is 24.4 Å². The first-order valence-corrected chi connectivity index (χ1v) is 6.76. The number of aliphatic carboxylic acids is 1. The van der Waals surface area contributed by atoms with Gasteiger partial charge in [-0.3, -0.25) is 9.59 Å². The van der Waals surface area contributed by atoms with Crippen LogP contribution >= 0.6 is 11.6 Å². The summed E-state index contributed by atoms with van der Waals surface area (Å²) in [7, 11) is 0. The maximum absolute atomic E-state index is 12.0. The summed E-state index contributed by atoms with van der Waals surface area (Å²) in [6, 6.07) is 6.30. The number of aliphatic hydroxyl groups excluding tert-OH is 1. The molecular formula is C14H16ClNO4. The summed E-state index contributed by atoms with van der Waals surface area (Å²) in [4.78, 5) is 24.6. The second-order valence-corrected chi connectivity index (χ2v) is 5.40. The van der Waals surface area contributed by atoms with E-state index in [0.29, 0.717) is 11.6 Å². The number of likely N-dealkylation sites (tertiary alicyclic amines) is 1. The number of nitrogens with zero attached hydrogens (tertiary/aromatic N) is 1. The van der Waals surface area contributed by atoms with Crippen LogP contribution in [-0.2, 0) is 9.59 Å². The van der Waals surface area contributed by atoms with Crippen LogP contribution in [0.4, 0.5) is 0 Å². The molecule has 2 rings (SSSR count). The number of rotatable bonds is 5. The van der Waals surface area contributed by atoms with Crippen molar-refractivity contribution in [3.63, 3.8) is 0 Å². The van der Waals surface area contributed by atoms with Gasteiger partial charge in [-0.1, -0.05) is 23.7 Å². The first kappa shape index (κ1) is 14.8. The lowest BCUT2D eigenvalue weighted by molar-refractivity contribution is -0.139. The van der Waals surface area contributed by atoms with E-state index in [1.54, 1.807) is 24.3 Å². The van der Waals surface area contributed by atoms with Crippen LogP contribution in [0.5, 0.6) is 0 Å². The van der Waals surface area contributed by atoms with Crippen molar-refractivity contribution >= 4 is 23.5 Å². The topological polar surface area (TPSA) is 77.8 Å². The summed E-state index contributed by atoms with van der Waals surface area (Å²) in [5.41, 5.74) is 0.740. The molecule has 5 nitrogen and oxygen atoms in total. The number of halogens is 1. The van der Waals surface area contributed by atoms with E-state index in [1.807, 2.05) is 0 Å². The van der Waals surface area contributed by atoms with Crippen molar-refractivity contribution in [3.05, 3.63) is 34.9 Å². The van der Waals surface area contributed by atoms with Gasteiger partial charge in [0.05, 0.1) is 12.5 Å². The SMILES string of the molecule is O=C(O)CC(c1ccc(Cl)cc1)N1CC(CO)CC1=O. The van der Waals surface area contributed by atoms with Crippen LogP contribution in [0.25, 0.3) is 0 Å². The summed E-state index contributed by atoms with van der Waals surface area (Å²) >= 11 is 5.83. The van der Waals surface area contributed by atoms with E-state index >= 15 is 0 Å². The average molecular weight is 298 g/mol. The molecule has 0 aromatic heterocycles. The zero-order valence-corrected chi connectivity index (χ0v) is 11.6. The van der Waals surface area contributed by atoms with Crippen LogP contribution in [0, 0.1) is 5.92 Å². The second-order valence-electron chi connectivity index (χ2n) is 4.96. The Morgan fingerprint density at radius 3 is 2.55 bits per heavy atom. The zero-order chi connectivity index (χ0) is 14.7. The summed E-state index contributed by atoms with van der Waals surface area (Å²) in [6.45, 7) is 0.318. The van der Waals surface area contributed by atoms with Gasteiger partial charge in [0.2, 0.25) is 5.91 Å². The summed E-state index contributed by atoms with van der Waals surface area (Å²) in [5, 5.41) is 18.8. The van der Waals surface area contributed by atoms with Gasteiger partial charge in [-0.15, -0.1) is 0 Å². The molecule has 6 heteroatoms. The fourth-order valence-corrected chi connectivity index (χ4v) is 2.62. The highest BCUT2D eigenvalue weighted by Gasteiger charge is 2.35. The third-order valence-electron chi connectivity index (χ3n) is 3.50. The predicted octanol–water partition coefficient (Wildman–Crippen LogP) is 1.70. The normalized spacial score (nSPS) is 20.2. The molecule has 1 heterocycles. The highest BCUT2D eigenvalue weighted by atomic mass is 35.5. The first-order chi connectivity index (χ1) is 9.51. The molecule has 2 unspecified atom stereocenters. The maximum atomic E-state index is 12.0. The second kappa shape index (κ2) is 6.24. The monoisotopic (exact) mass is 297 g/mol. The Morgan fingerprint density at radius 1 is 1.40 bits per heavy atom. The van der Waals surface area contributed by atoms with Crippen LogP contribution in [0.3, 0.4) is 0 Å². The van der Waals surface area contributed by atoms with Crippen LogP contribution in [-0.4, -0.2) is 40.1 Å². The number of aliphatic hydroxyl groups is 1. The summed E-state index contributed by atoms with van der Waals surface area (Å²) < 4.78 is 0. The Morgan fingerprint density at radius 2 is 2.05 bits per heavy atom. The summed E-state index contributed by atoms with van der Waals surface area (Å²) in [6.07, 6.45) is 0.103. The van der Waals surface area contributed by atoms with E-state index in [0.717, 1.165) is 5.56 Å². The van der Waals surface area contributed by atoms with Crippen molar-refractivity contribution in [1.82, 2.24) is 4.90 Å². The van der Waals surface area contributed by atoms with Crippen molar-refractivity contribution in [2.45, 2.75) is 18.9 Å². The third kappa shape index (κ3) is 3.29. The van der Waals surface area contributed by atoms with Gasteiger partial charge in [-0.25, -0.2) is 0 Å². The highest BCUT2D eigenvalue weighted by Crippen LogP contribution is 2.31. The zero-order valence-electron chi connectivity index (χ0n) is 10.8. The van der Waals surface area contributed by atoms with Crippen LogP contribution < -0.4 is 0 Å². The molecule has 1 aliphatic rings. The Kier molecular flexibility index (Phi) is 4.62. The predicted molar refractivity (Wildman–Crippen MR) is 73.4 cm³/mol. The number of amides is 1. The molecule has 1 saturated heterocycles. The minimum atomic E-state index is -0.967. The Hall–Kier alpha value is -1.59. The van der Waals surface area contributed by atoms with E-state index in [4.69, 9.17) is 21.8 Å². The van der Waals surface area contributed by atoms with Crippen molar-refractivity contribution in [3.8, 4) is 0 Å². The van der Waals surface area contributed by atoms with Crippen LogP contribution in [0.2, 0.25) is 5.02 Å². The van der Waals surface area contributed by atoms with Gasteiger partial charge in [0.1, 0.15) is 0 Å². The van der Waals surface area contributed by atoms with Gasteiger partial charge in [0.15, 0.2) is 0 Å². The number of carbonyl (C=O) groups is 2. The number of hydrogen-bond acceptors (Lipinski definition) is 3. The summed E-state index contributed by atoms with van der Waals surface area (Å²) in [5.74, 6) is -1.21. The number of carbonyl (C=O) groups excluding carboxylic acids is 1. The molecule has 108 valence electrons. The Balaban J connectivity index is 2.26. The number of carboxylic acid groups (broad SMARTS) is 1. The van der Waals surface area contributed by atoms with Crippen molar-refractivity contribution in [2.75, 3.05) is 13.2 Å². The lowest BCUT2D eigenvalue weighted by atomic mass is 10.0. The van der Waals surface area contributed by atoms with E-state index < -0.39 is 12.0 Å². The molecule has 0 aliphatic carbocycles. The van der Waals surface area contributed by atoms with Gasteiger partial charge >= 0.3 is 5.97 Å². The molecule has 2 atom stereocenters. The maximum Gasteiger partial charge on any atom is 0.305 e. The molecule has 0 spiro atoms. The first-order valence-electron chi connectivity index (χ1n) is 6.39. The van der Waals surface area contributed by atoms with E-state index in [1.165, 1.54) is 4.90 Å². The molecule has 1 aliphatic heterocycles. The van der Waals surface area contributed by atoms with Crippen molar-refractivity contribution in [1.29, 1.82) is 0 Å². The lowest BCUT2D eigenvalue weighted by Crippen LogP contribution is -2.32. The van der Waals surface area contributed by atoms with E-state index in [9.17, 15) is 9.59 Å². The quantitative estimate of drug-likeness (QED) is 0.867. The molecule has 1 aromatic carbocycles. The number of carboxylic acids is 1. The van der Waals surface area contributed by atoms with Crippen molar-refractivity contribution < 1.29 is 19.8 Å². The largest absolute Gasteiger partial charge is 0.481 e. The standard InChI is InChI=1S/C14H16ClNO4/c15-11-3-1-10(2-4-11)12(6-14(19)20)16-7-9(8-17)5-13(16)18/h1-4,9,12,17H,5-8H2,(H,19,20). The lowest BCUT2D eigenvalue weighted by Gasteiger charge is -2.27. The number of benzene rings is 1. The highest BCUT2D eigenvalue weighted by molar-refractivity contribution is 6.30. The molecule has 1 amide bonds. The molecular weight excluding hydrogens is 282 g/mol. The molecule has 0 radical (unpaired) electrons. The van der Waals surface area contributed by atoms with Gasteiger partial charge in [-0.2, -0.15) is 0 Å². The average Bonchev–Trinajstić information content (AvgIpc) is 2.78. The molecule has 0 saturated carbocycles. The molecule has 0 bridgehead atoms. The molecule has 20 heavy (non-hydrogen) atoms. The van der Waals surface area contributed by atoms with E-state index in [2.05, 4.69) is 0 Å². The van der Waals surface area contributed by atoms with E-state index in [-0.39, 0.29) is 31.3 Å². The van der Waals surface area contributed by atoms with Crippen molar-refractivity contribution in [2.24, 2.45) is 5.92 Å². The Bertz CT molecular complexity index is 502. The van der Waals surface area contributed by atoms with Gasteiger partial charge in [0, 0.05) is 30.5 Å². The Labute approximate surface area is 121 Å². The fraction of sp³-hybridized carbons (Fsp3) is 0.429. The molecule has 2 N–H and O–H groups in total. The van der Waals surface area contributed by atoms with Gasteiger partial charge < -0.3 is 15.1 Å². The minimum absolute atomic E-state index is 0.0668. The minimum Gasteiger partial charge on any atom is -0.481 e. The van der Waals surface area contributed by atoms with Gasteiger partial charge in [-0.05, 0) is 17.7 Å². The fourth-order valence-electron chi connectivity index (χ4n) is 2.49.